The van der Waals surface area contributed by atoms with Crippen molar-refractivity contribution in [2.24, 2.45) is 0 Å². The summed E-state index contributed by atoms with van der Waals surface area (Å²) < 4.78 is 10.6. The third-order valence-corrected chi connectivity index (χ3v) is 4.14. The number of fused-ring (bicyclic) bond motifs is 1. The van der Waals surface area contributed by atoms with Crippen LogP contribution in [0.3, 0.4) is 0 Å². The van der Waals surface area contributed by atoms with Gasteiger partial charge in [0.25, 0.3) is 0 Å². The highest BCUT2D eigenvalue weighted by Crippen LogP contribution is 2.26. The lowest BCUT2D eigenvalue weighted by atomic mass is 10.0. The van der Waals surface area contributed by atoms with Gasteiger partial charge in [-0.2, -0.15) is 5.26 Å². The molecular weight excluding hydrogens is 338 g/mol. The number of hydrogen-bond donors (Lipinski definition) is 0. The average molecular weight is 357 g/mol. The van der Waals surface area contributed by atoms with Gasteiger partial charge in [0, 0.05) is 5.56 Å². The van der Waals surface area contributed by atoms with Gasteiger partial charge in [0.2, 0.25) is 6.10 Å². The standard InChI is InChI=1S/C23H19NO3/c1-26-21-13-12-18-14-20(11-10-19(18)15-21)22(16-24)27-23(25)9-5-8-17-6-3-2-4-7-17/h2-8,10-15,22H,9H2,1H3/b8-5+. The second kappa shape index (κ2) is 8.68. The summed E-state index contributed by atoms with van der Waals surface area (Å²) in [5.74, 6) is 0.326. The maximum Gasteiger partial charge on any atom is 0.311 e. The highest BCUT2D eigenvalue weighted by molar-refractivity contribution is 5.85. The van der Waals surface area contributed by atoms with E-state index in [0.29, 0.717) is 5.56 Å². The number of esters is 1. The number of methoxy groups -OCH3 is 1. The molecule has 4 heteroatoms. The first-order valence-corrected chi connectivity index (χ1v) is 8.58. The minimum absolute atomic E-state index is 0.109. The molecule has 0 aliphatic carbocycles. The Morgan fingerprint density at radius 3 is 2.56 bits per heavy atom. The molecule has 3 rings (SSSR count). The number of nitrogens with zero attached hydrogens (tertiary/aromatic N) is 1. The van der Waals surface area contributed by atoms with E-state index >= 15 is 0 Å². The quantitative estimate of drug-likeness (QED) is 0.579. The first kappa shape index (κ1) is 18.2. The van der Waals surface area contributed by atoms with E-state index in [0.717, 1.165) is 22.1 Å². The third kappa shape index (κ3) is 4.74. The molecule has 0 bridgehead atoms. The molecule has 0 N–H and O–H groups in total. The number of carbonyl (C=O) groups excluding carboxylic acids is 1. The van der Waals surface area contributed by atoms with Gasteiger partial charge in [-0.1, -0.05) is 60.7 Å². The van der Waals surface area contributed by atoms with Crippen LogP contribution < -0.4 is 4.74 Å². The topological polar surface area (TPSA) is 59.3 Å². The van der Waals surface area contributed by atoms with Crippen LogP contribution in [0.4, 0.5) is 0 Å². The molecule has 1 atom stereocenters. The van der Waals surface area contributed by atoms with Crippen molar-refractivity contribution in [2.75, 3.05) is 7.11 Å². The maximum atomic E-state index is 12.1. The maximum absolute atomic E-state index is 12.1. The van der Waals surface area contributed by atoms with Gasteiger partial charge in [-0.3, -0.25) is 4.79 Å². The van der Waals surface area contributed by atoms with Gasteiger partial charge in [0.15, 0.2) is 0 Å². The van der Waals surface area contributed by atoms with Crippen molar-refractivity contribution in [3.8, 4) is 11.8 Å². The van der Waals surface area contributed by atoms with Crippen molar-refractivity contribution in [1.29, 1.82) is 5.26 Å². The van der Waals surface area contributed by atoms with Gasteiger partial charge >= 0.3 is 5.97 Å². The average Bonchev–Trinajstić information content (AvgIpc) is 2.72. The second-order valence-corrected chi connectivity index (χ2v) is 5.99. The first-order valence-electron chi connectivity index (χ1n) is 8.58. The summed E-state index contributed by atoms with van der Waals surface area (Å²) >= 11 is 0. The Hall–Kier alpha value is -3.58. The minimum Gasteiger partial charge on any atom is -0.497 e. The monoisotopic (exact) mass is 357 g/mol. The molecule has 3 aromatic carbocycles. The molecular formula is C23H19NO3. The van der Waals surface area contributed by atoms with Crippen LogP contribution in [0.15, 0.2) is 72.8 Å². The highest BCUT2D eigenvalue weighted by Gasteiger charge is 2.15. The predicted molar refractivity (Wildman–Crippen MR) is 105 cm³/mol. The van der Waals surface area contributed by atoms with E-state index in [2.05, 4.69) is 6.07 Å². The van der Waals surface area contributed by atoms with Crippen LogP contribution in [-0.4, -0.2) is 13.1 Å². The summed E-state index contributed by atoms with van der Waals surface area (Å²) in [5, 5.41) is 11.4. The van der Waals surface area contributed by atoms with E-state index in [9.17, 15) is 10.1 Å². The molecule has 0 aliphatic rings. The normalized spacial score (nSPS) is 11.9. The van der Waals surface area contributed by atoms with Gasteiger partial charge in [-0.05, 0) is 34.5 Å². The van der Waals surface area contributed by atoms with Crippen LogP contribution in [0, 0.1) is 11.3 Å². The van der Waals surface area contributed by atoms with Gasteiger partial charge in [-0.25, -0.2) is 0 Å². The Morgan fingerprint density at radius 2 is 1.81 bits per heavy atom. The number of benzene rings is 3. The molecule has 0 saturated carbocycles. The van der Waals surface area contributed by atoms with Gasteiger partial charge in [0.1, 0.15) is 11.8 Å². The zero-order valence-electron chi connectivity index (χ0n) is 15.0. The van der Waals surface area contributed by atoms with Crippen molar-refractivity contribution in [3.05, 3.63) is 83.9 Å². The van der Waals surface area contributed by atoms with Crippen LogP contribution in [0.2, 0.25) is 0 Å². The summed E-state index contributed by atoms with van der Waals surface area (Å²) in [5.41, 5.74) is 1.66. The molecule has 27 heavy (non-hydrogen) atoms. The van der Waals surface area contributed by atoms with Crippen LogP contribution in [0.1, 0.15) is 23.7 Å². The van der Waals surface area contributed by atoms with E-state index in [1.54, 1.807) is 19.3 Å². The Morgan fingerprint density at radius 1 is 1.07 bits per heavy atom. The number of carbonyl (C=O) groups is 1. The van der Waals surface area contributed by atoms with Crippen molar-refractivity contribution in [2.45, 2.75) is 12.5 Å². The van der Waals surface area contributed by atoms with Crippen molar-refractivity contribution >= 4 is 22.8 Å². The fraction of sp³-hybridized carbons (Fsp3) is 0.130. The number of hydrogen-bond acceptors (Lipinski definition) is 4. The van der Waals surface area contributed by atoms with E-state index in [1.165, 1.54) is 0 Å². The fourth-order valence-electron chi connectivity index (χ4n) is 2.74. The first-order chi connectivity index (χ1) is 13.2. The summed E-state index contributed by atoms with van der Waals surface area (Å²) in [4.78, 5) is 12.1. The Kier molecular flexibility index (Phi) is 5.86. The van der Waals surface area contributed by atoms with E-state index < -0.39 is 12.1 Å². The SMILES string of the molecule is COc1ccc2cc(C(C#N)OC(=O)C/C=C/c3ccccc3)ccc2c1. The van der Waals surface area contributed by atoms with Crippen molar-refractivity contribution < 1.29 is 14.3 Å². The lowest BCUT2D eigenvalue weighted by Crippen LogP contribution is -2.09. The molecule has 0 heterocycles. The van der Waals surface area contributed by atoms with Gasteiger partial charge in [0.05, 0.1) is 13.5 Å². The molecule has 0 aromatic heterocycles. The predicted octanol–water partition coefficient (Wildman–Crippen LogP) is 5.06. The summed E-state index contributed by atoms with van der Waals surface area (Å²) in [6.45, 7) is 0. The Labute approximate surface area is 158 Å². The molecule has 0 spiro atoms. The third-order valence-electron chi connectivity index (χ3n) is 4.14. The lowest BCUT2D eigenvalue weighted by molar-refractivity contribution is -0.145. The van der Waals surface area contributed by atoms with Gasteiger partial charge in [-0.15, -0.1) is 0 Å². The highest BCUT2D eigenvalue weighted by atomic mass is 16.5. The Bertz CT molecular complexity index is 1000. The fourth-order valence-corrected chi connectivity index (χ4v) is 2.74. The van der Waals surface area contributed by atoms with Crippen LogP contribution in [0.25, 0.3) is 16.8 Å². The lowest BCUT2D eigenvalue weighted by Gasteiger charge is -2.12. The molecule has 0 aliphatic heterocycles. The second-order valence-electron chi connectivity index (χ2n) is 5.99. The largest absolute Gasteiger partial charge is 0.497 e. The number of rotatable bonds is 6. The van der Waals surface area contributed by atoms with E-state index in [4.69, 9.17) is 9.47 Å². The molecule has 134 valence electrons. The smallest absolute Gasteiger partial charge is 0.311 e. The van der Waals surface area contributed by atoms with Crippen molar-refractivity contribution in [1.82, 2.24) is 0 Å². The van der Waals surface area contributed by atoms with E-state index in [-0.39, 0.29) is 6.42 Å². The molecule has 0 amide bonds. The minimum atomic E-state index is -0.936. The Balaban J connectivity index is 1.67. The van der Waals surface area contributed by atoms with Crippen LogP contribution >= 0.6 is 0 Å². The summed E-state index contributed by atoms with van der Waals surface area (Å²) in [6, 6.07) is 23.0. The molecule has 0 radical (unpaired) electrons. The molecule has 0 fully saturated rings. The van der Waals surface area contributed by atoms with E-state index in [1.807, 2.05) is 66.7 Å². The molecule has 3 aromatic rings. The zero-order chi connectivity index (χ0) is 19.1. The molecule has 1 unspecified atom stereocenters. The number of ether oxygens (including phenoxy) is 2. The van der Waals surface area contributed by atoms with Crippen LogP contribution in [0.5, 0.6) is 5.75 Å². The van der Waals surface area contributed by atoms with Crippen molar-refractivity contribution in [3.63, 3.8) is 0 Å². The number of nitriles is 1. The zero-order valence-corrected chi connectivity index (χ0v) is 15.0. The van der Waals surface area contributed by atoms with Crippen LogP contribution in [-0.2, 0) is 9.53 Å². The van der Waals surface area contributed by atoms with Gasteiger partial charge < -0.3 is 9.47 Å². The molecule has 0 saturated heterocycles. The summed E-state index contributed by atoms with van der Waals surface area (Å²) in [6.07, 6.45) is 2.76. The summed E-state index contributed by atoms with van der Waals surface area (Å²) in [7, 11) is 1.62. The molecule has 4 nitrogen and oxygen atoms in total.